The van der Waals surface area contributed by atoms with Crippen LogP contribution in [0.1, 0.15) is 71.1 Å². The van der Waals surface area contributed by atoms with E-state index in [2.05, 4.69) is 172 Å². The van der Waals surface area contributed by atoms with Crippen molar-refractivity contribution in [1.82, 2.24) is 0 Å². The van der Waals surface area contributed by atoms with E-state index in [0.29, 0.717) is 6.61 Å². The van der Waals surface area contributed by atoms with Gasteiger partial charge in [0.1, 0.15) is 23.9 Å². The van der Waals surface area contributed by atoms with Crippen LogP contribution in [0.5, 0.6) is 0 Å². The fourth-order valence-corrected chi connectivity index (χ4v) is 11.8. The van der Waals surface area contributed by atoms with Crippen LogP contribution in [0.3, 0.4) is 0 Å². The SMILES string of the molecule is CC(C)(C)[Si](C)(C)O[C@@H]1[C@H]2O[Si](C)(C)CCC[C@H]2O[C@H](COC(c2ccccc2)(c2ccccc2)c2ccccc2)[C@H]1O[Si](C)(C)C(C)(C)C. The Kier molecular flexibility index (Phi) is 11.7. The number of rotatable bonds is 10. The first-order valence-electron chi connectivity index (χ1n) is 18.8. The molecule has 5 atom stereocenters. The minimum atomic E-state index is -2.31. The summed E-state index contributed by atoms with van der Waals surface area (Å²) in [5, 5.41) is 0.0199. The van der Waals surface area contributed by atoms with E-state index in [9.17, 15) is 0 Å². The summed E-state index contributed by atoms with van der Waals surface area (Å²) >= 11 is 0. The standard InChI is InChI=1S/C42H64O5Si3/c1-40(2,3)49(9,10)46-38-36(44-35-29-22-30-48(7,8)45-37(35)39(38)47-50(11,12)41(4,5)6)31-43-42(32-23-16-13-17-24-32,33-25-18-14-19-26-33)34-27-20-15-21-28-34/h13-21,23-28,35-39H,22,29-31H2,1-12H3/t35-,36-,37+,38-,39-/m1/s1. The molecule has 0 amide bonds. The van der Waals surface area contributed by atoms with Crippen LogP contribution in [0.2, 0.25) is 55.4 Å². The van der Waals surface area contributed by atoms with Crippen molar-refractivity contribution in [2.24, 2.45) is 0 Å². The van der Waals surface area contributed by atoms with E-state index >= 15 is 0 Å². The van der Waals surface area contributed by atoms with Gasteiger partial charge in [0.2, 0.25) is 0 Å². The average Bonchev–Trinajstić information content (AvgIpc) is 3.20. The number of benzene rings is 3. The summed E-state index contributed by atoms with van der Waals surface area (Å²) in [7, 11) is -6.54. The molecular weight excluding hydrogens is 669 g/mol. The minimum absolute atomic E-state index is 0.00299. The molecule has 0 spiro atoms. The first-order chi connectivity index (χ1) is 23.3. The molecule has 5 rings (SSSR count). The Bertz CT molecular complexity index is 1420. The van der Waals surface area contributed by atoms with Crippen LogP contribution in [-0.2, 0) is 28.4 Å². The molecule has 0 N–H and O–H groups in total. The van der Waals surface area contributed by atoms with Gasteiger partial charge < -0.3 is 22.8 Å². The maximum Gasteiger partial charge on any atom is 0.192 e. The first kappa shape index (κ1) is 39.3. The second kappa shape index (κ2) is 14.9. The van der Waals surface area contributed by atoms with Crippen molar-refractivity contribution in [3.05, 3.63) is 108 Å². The van der Waals surface area contributed by atoms with E-state index in [-0.39, 0.29) is 40.6 Å². The fourth-order valence-electron chi connectivity index (χ4n) is 6.94. The van der Waals surface area contributed by atoms with Gasteiger partial charge in [-0.15, -0.1) is 0 Å². The normalized spacial score (nSPS) is 25.1. The first-order valence-corrected chi connectivity index (χ1v) is 27.7. The van der Waals surface area contributed by atoms with Crippen LogP contribution in [-0.4, -0.2) is 62.1 Å². The highest BCUT2D eigenvalue weighted by Gasteiger charge is 2.56. The third kappa shape index (κ3) is 8.33. The van der Waals surface area contributed by atoms with E-state index in [1.165, 1.54) is 0 Å². The molecule has 0 aromatic heterocycles. The van der Waals surface area contributed by atoms with Crippen LogP contribution in [0, 0.1) is 0 Å². The Balaban J connectivity index is 1.66. The number of ether oxygens (including phenoxy) is 2. The summed E-state index contributed by atoms with van der Waals surface area (Å²) in [6.45, 7) is 28.3. The lowest BCUT2D eigenvalue weighted by atomic mass is 9.80. The lowest BCUT2D eigenvalue weighted by molar-refractivity contribution is -0.225. The second-order valence-corrected chi connectivity index (χ2v) is 32.0. The third-order valence-corrected chi connectivity index (χ3v) is 23.3. The van der Waals surface area contributed by atoms with Crippen molar-refractivity contribution in [2.75, 3.05) is 6.61 Å². The quantitative estimate of drug-likeness (QED) is 0.153. The highest BCUT2D eigenvalue weighted by atomic mass is 28.4. The fraction of sp³-hybridized carbons (Fsp3) is 0.571. The summed E-state index contributed by atoms with van der Waals surface area (Å²) in [5.41, 5.74) is 2.36. The monoisotopic (exact) mass is 732 g/mol. The van der Waals surface area contributed by atoms with E-state index in [4.69, 9.17) is 22.8 Å². The molecule has 5 nitrogen and oxygen atoms in total. The van der Waals surface area contributed by atoms with E-state index in [0.717, 1.165) is 35.6 Å². The third-order valence-electron chi connectivity index (χ3n) is 11.9. The van der Waals surface area contributed by atoms with Crippen LogP contribution in [0.4, 0.5) is 0 Å². The van der Waals surface area contributed by atoms with Crippen molar-refractivity contribution in [3.8, 4) is 0 Å². The summed E-state index contributed by atoms with van der Waals surface area (Å²) in [6.07, 6.45) is 0.797. The van der Waals surface area contributed by atoms with Gasteiger partial charge in [-0.05, 0) is 78.5 Å². The largest absolute Gasteiger partial charge is 0.409 e. The van der Waals surface area contributed by atoms with E-state index < -0.39 is 30.6 Å². The molecule has 274 valence electrons. The van der Waals surface area contributed by atoms with Gasteiger partial charge in [-0.1, -0.05) is 139 Å². The van der Waals surface area contributed by atoms with Gasteiger partial charge in [-0.25, -0.2) is 0 Å². The van der Waals surface area contributed by atoms with Crippen molar-refractivity contribution in [3.63, 3.8) is 0 Å². The van der Waals surface area contributed by atoms with Gasteiger partial charge in [0.15, 0.2) is 25.0 Å². The zero-order valence-corrected chi connectivity index (χ0v) is 35.9. The average molecular weight is 733 g/mol. The zero-order chi connectivity index (χ0) is 36.6. The van der Waals surface area contributed by atoms with Crippen LogP contribution in [0.25, 0.3) is 0 Å². The van der Waals surface area contributed by atoms with Crippen molar-refractivity contribution in [1.29, 1.82) is 0 Å². The van der Waals surface area contributed by atoms with Gasteiger partial charge in [-0.2, -0.15) is 0 Å². The predicted molar refractivity (Wildman–Crippen MR) is 214 cm³/mol. The Labute approximate surface area is 306 Å². The lowest BCUT2D eigenvalue weighted by Gasteiger charge is -2.54. The number of hydrogen-bond donors (Lipinski definition) is 0. The highest BCUT2D eigenvalue weighted by molar-refractivity contribution is 6.74. The smallest absolute Gasteiger partial charge is 0.192 e. The molecule has 2 aliphatic heterocycles. The molecular formula is C42H64O5Si3. The molecule has 0 aliphatic carbocycles. The highest BCUT2D eigenvalue weighted by Crippen LogP contribution is 2.47. The summed E-state index contributed by atoms with van der Waals surface area (Å²) in [4.78, 5) is 0. The van der Waals surface area contributed by atoms with Gasteiger partial charge in [0.05, 0.1) is 18.8 Å². The van der Waals surface area contributed by atoms with Gasteiger partial charge in [0.25, 0.3) is 0 Å². The molecule has 0 saturated carbocycles. The minimum Gasteiger partial charge on any atom is -0.409 e. The summed E-state index contributed by atoms with van der Waals surface area (Å²) < 4.78 is 37.1. The predicted octanol–water partition coefficient (Wildman–Crippen LogP) is 10.9. The van der Waals surface area contributed by atoms with Gasteiger partial charge >= 0.3 is 0 Å². The Morgan fingerprint density at radius 1 is 0.660 bits per heavy atom. The molecule has 50 heavy (non-hydrogen) atoms. The molecule has 3 aromatic rings. The van der Waals surface area contributed by atoms with Gasteiger partial charge in [0, 0.05) is 0 Å². The molecule has 2 fully saturated rings. The Hall–Kier alpha value is -1.89. The van der Waals surface area contributed by atoms with Gasteiger partial charge in [-0.3, -0.25) is 0 Å². The van der Waals surface area contributed by atoms with Crippen molar-refractivity contribution in [2.45, 2.75) is 146 Å². The van der Waals surface area contributed by atoms with E-state index in [1.807, 2.05) is 0 Å². The lowest BCUT2D eigenvalue weighted by Crippen LogP contribution is -2.67. The molecule has 3 aromatic carbocycles. The van der Waals surface area contributed by atoms with Crippen molar-refractivity contribution >= 4 is 25.0 Å². The maximum atomic E-state index is 7.55. The molecule has 2 saturated heterocycles. The Morgan fingerprint density at radius 2 is 1.08 bits per heavy atom. The van der Waals surface area contributed by atoms with Crippen LogP contribution in [0.15, 0.2) is 91.0 Å². The topological polar surface area (TPSA) is 46.2 Å². The molecule has 0 radical (unpaired) electrons. The molecule has 8 heteroatoms. The second-order valence-electron chi connectivity index (χ2n) is 18.2. The maximum absolute atomic E-state index is 7.55. The van der Waals surface area contributed by atoms with Crippen LogP contribution < -0.4 is 0 Å². The number of fused-ring (bicyclic) bond motifs is 1. The summed E-state index contributed by atoms with van der Waals surface area (Å²) in [5.74, 6) is 0. The summed E-state index contributed by atoms with van der Waals surface area (Å²) in [6, 6.07) is 33.0. The zero-order valence-electron chi connectivity index (χ0n) is 32.9. The molecule has 0 unspecified atom stereocenters. The van der Waals surface area contributed by atoms with E-state index in [1.54, 1.807) is 0 Å². The Morgan fingerprint density at radius 3 is 1.50 bits per heavy atom. The van der Waals surface area contributed by atoms with Crippen molar-refractivity contribution < 1.29 is 22.8 Å². The van der Waals surface area contributed by atoms with Crippen LogP contribution >= 0.6 is 0 Å². The molecule has 0 bridgehead atoms. The molecule has 2 aliphatic rings. The number of hydrogen-bond acceptors (Lipinski definition) is 5. The molecule has 2 heterocycles.